The average molecular weight is 560 g/mol. The van der Waals surface area contributed by atoms with E-state index in [1.165, 1.54) is 4.90 Å². The molecule has 1 unspecified atom stereocenters. The van der Waals surface area contributed by atoms with Gasteiger partial charge in [0.2, 0.25) is 0 Å². The lowest BCUT2D eigenvalue weighted by Gasteiger charge is -2.26. The number of Topliss-reactive ketones (excluding diaryl/α,β-unsaturated/α-hetero) is 1. The maximum Gasteiger partial charge on any atom is 0.295 e. The van der Waals surface area contributed by atoms with Crippen LogP contribution in [0, 0.1) is 0 Å². The van der Waals surface area contributed by atoms with Crippen molar-refractivity contribution >= 4 is 17.4 Å². The number of rotatable bonds is 10. The number of ketones is 1. The minimum Gasteiger partial charge on any atom is -0.507 e. The maximum absolute atomic E-state index is 13.5. The van der Waals surface area contributed by atoms with Crippen molar-refractivity contribution in [1.82, 2.24) is 4.90 Å². The number of nitrogens with zero attached hydrogens (tertiary/aromatic N) is 1. The molecule has 1 saturated heterocycles. The summed E-state index contributed by atoms with van der Waals surface area (Å²) >= 11 is 0. The van der Waals surface area contributed by atoms with E-state index in [-0.39, 0.29) is 29.9 Å². The first-order valence-electron chi connectivity index (χ1n) is 13.6. The molecule has 0 spiro atoms. The van der Waals surface area contributed by atoms with Gasteiger partial charge in [-0.3, -0.25) is 9.59 Å². The summed E-state index contributed by atoms with van der Waals surface area (Å²) in [5.74, 6) is 0.955. The summed E-state index contributed by atoms with van der Waals surface area (Å²) in [7, 11) is 3.15. The van der Waals surface area contributed by atoms with Gasteiger partial charge in [0.15, 0.2) is 0 Å². The molecule has 3 aromatic rings. The number of aliphatic hydroxyl groups excluding tert-OH is 1. The van der Waals surface area contributed by atoms with Crippen LogP contribution in [0.5, 0.6) is 23.0 Å². The maximum atomic E-state index is 13.5. The van der Waals surface area contributed by atoms with Crippen LogP contribution in [-0.4, -0.2) is 55.7 Å². The minimum atomic E-state index is -0.815. The summed E-state index contributed by atoms with van der Waals surface area (Å²) in [4.78, 5) is 28.3. The Kier molecular flexibility index (Phi) is 8.91. The van der Waals surface area contributed by atoms with Gasteiger partial charge in [0, 0.05) is 11.1 Å². The average Bonchev–Trinajstić information content (AvgIpc) is 3.22. The lowest BCUT2D eigenvalue weighted by Crippen LogP contribution is -2.33. The van der Waals surface area contributed by atoms with Crippen LogP contribution in [0.15, 0.2) is 72.3 Å². The molecule has 0 aliphatic carbocycles. The first kappa shape index (κ1) is 29.5. The van der Waals surface area contributed by atoms with Crippen molar-refractivity contribution in [2.45, 2.75) is 39.2 Å². The number of aliphatic hydroxyl groups is 1. The van der Waals surface area contributed by atoms with Crippen LogP contribution in [0.1, 0.15) is 50.4 Å². The van der Waals surface area contributed by atoms with Crippen molar-refractivity contribution < 1.29 is 33.6 Å². The molecule has 0 saturated carbocycles. The van der Waals surface area contributed by atoms with Gasteiger partial charge in [0.1, 0.15) is 35.4 Å². The van der Waals surface area contributed by atoms with Gasteiger partial charge in [0.05, 0.1) is 39.0 Å². The first-order valence-corrected chi connectivity index (χ1v) is 13.6. The lowest BCUT2D eigenvalue weighted by atomic mass is 9.84. The normalized spacial score (nSPS) is 16.5. The fourth-order valence-electron chi connectivity index (χ4n) is 4.88. The largest absolute Gasteiger partial charge is 0.507 e. The topological polar surface area (TPSA) is 94.5 Å². The summed E-state index contributed by atoms with van der Waals surface area (Å²) < 4.78 is 22.2. The van der Waals surface area contributed by atoms with Crippen LogP contribution in [0.25, 0.3) is 5.76 Å². The highest BCUT2D eigenvalue weighted by molar-refractivity contribution is 6.46. The van der Waals surface area contributed by atoms with E-state index in [9.17, 15) is 14.7 Å². The number of carbonyl (C=O) groups excluding carboxylic acids is 2. The zero-order chi connectivity index (χ0) is 29.7. The Hall–Kier alpha value is -4.46. The summed E-state index contributed by atoms with van der Waals surface area (Å²) in [6.45, 7) is 8.82. The molecule has 8 heteroatoms. The molecule has 0 bridgehead atoms. The number of methoxy groups -OCH3 is 2. The Morgan fingerprint density at radius 1 is 0.854 bits per heavy atom. The van der Waals surface area contributed by atoms with Crippen LogP contribution >= 0.6 is 0 Å². The number of hydrogen-bond donors (Lipinski definition) is 1. The van der Waals surface area contributed by atoms with Crippen LogP contribution in [0.2, 0.25) is 0 Å². The van der Waals surface area contributed by atoms with Gasteiger partial charge in [-0.2, -0.15) is 0 Å². The Morgan fingerprint density at radius 3 is 2.00 bits per heavy atom. The second-order valence-electron chi connectivity index (χ2n) is 10.7. The molecule has 1 atom stereocenters. The summed E-state index contributed by atoms with van der Waals surface area (Å²) in [6, 6.07) is 18.7. The number of amides is 1. The third-order valence-corrected chi connectivity index (χ3v) is 6.99. The van der Waals surface area contributed by atoms with Gasteiger partial charge in [-0.05, 0) is 72.5 Å². The van der Waals surface area contributed by atoms with Crippen molar-refractivity contribution in [2.24, 2.45) is 0 Å². The Morgan fingerprint density at radius 2 is 1.44 bits per heavy atom. The number of benzene rings is 3. The second-order valence-corrected chi connectivity index (χ2v) is 10.7. The second kappa shape index (κ2) is 12.4. The smallest absolute Gasteiger partial charge is 0.295 e. The SMILES string of the molecule is CCOc1ccc(/C(O)=C2/C(=O)C(=O)N(CCOc3ccc(OC)cc3)C2c2ccc(OC)cc2)cc1C(C)(C)C. The highest BCUT2D eigenvalue weighted by Gasteiger charge is 2.46. The van der Waals surface area contributed by atoms with Gasteiger partial charge in [-0.15, -0.1) is 0 Å². The van der Waals surface area contributed by atoms with Gasteiger partial charge in [-0.1, -0.05) is 32.9 Å². The summed E-state index contributed by atoms with van der Waals surface area (Å²) in [6.07, 6.45) is 0. The Balaban J connectivity index is 1.74. The third kappa shape index (κ3) is 6.32. The molecule has 1 amide bonds. The van der Waals surface area contributed by atoms with Crippen molar-refractivity contribution in [1.29, 1.82) is 0 Å². The van der Waals surface area contributed by atoms with Crippen molar-refractivity contribution in [3.05, 3.63) is 89.0 Å². The van der Waals surface area contributed by atoms with E-state index in [1.807, 2.05) is 33.8 Å². The molecule has 1 aliphatic rings. The zero-order valence-corrected chi connectivity index (χ0v) is 24.4. The van der Waals surface area contributed by atoms with Gasteiger partial charge >= 0.3 is 0 Å². The van der Waals surface area contributed by atoms with E-state index in [0.717, 1.165) is 5.56 Å². The quantitative estimate of drug-likeness (QED) is 0.188. The van der Waals surface area contributed by atoms with Crippen LogP contribution in [-0.2, 0) is 15.0 Å². The van der Waals surface area contributed by atoms with E-state index < -0.39 is 17.7 Å². The highest BCUT2D eigenvalue weighted by atomic mass is 16.5. The van der Waals surface area contributed by atoms with Gasteiger partial charge in [0.25, 0.3) is 11.7 Å². The molecule has 0 radical (unpaired) electrons. The first-order chi connectivity index (χ1) is 19.6. The van der Waals surface area contributed by atoms with Gasteiger partial charge in [-0.25, -0.2) is 0 Å². The molecule has 8 nitrogen and oxygen atoms in total. The van der Waals surface area contributed by atoms with E-state index in [4.69, 9.17) is 18.9 Å². The molecular weight excluding hydrogens is 522 g/mol. The predicted molar refractivity (Wildman–Crippen MR) is 157 cm³/mol. The molecule has 3 aromatic carbocycles. The molecule has 1 N–H and O–H groups in total. The van der Waals surface area contributed by atoms with Crippen molar-refractivity contribution in [3.63, 3.8) is 0 Å². The van der Waals surface area contributed by atoms with Crippen molar-refractivity contribution in [2.75, 3.05) is 34.0 Å². The lowest BCUT2D eigenvalue weighted by molar-refractivity contribution is -0.140. The molecule has 1 fully saturated rings. The number of hydrogen-bond acceptors (Lipinski definition) is 7. The summed E-state index contributed by atoms with van der Waals surface area (Å²) in [5, 5.41) is 11.6. The summed E-state index contributed by atoms with van der Waals surface area (Å²) in [5.41, 5.74) is 1.71. The van der Waals surface area contributed by atoms with Crippen LogP contribution in [0.4, 0.5) is 0 Å². The molecular formula is C33H37NO7. The fourth-order valence-corrected chi connectivity index (χ4v) is 4.88. The van der Waals surface area contributed by atoms with E-state index in [0.29, 0.717) is 40.7 Å². The Bertz CT molecular complexity index is 1420. The predicted octanol–water partition coefficient (Wildman–Crippen LogP) is 5.90. The number of ether oxygens (including phenoxy) is 4. The zero-order valence-electron chi connectivity index (χ0n) is 24.4. The van der Waals surface area contributed by atoms with Crippen LogP contribution < -0.4 is 18.9 Å². The van der Waals surface area contributed by atoms with Crippen molar-refractivity contribution in [3.8, 4) is 23.0 Å². The number of likely N-dealkylation sites (tertiary alicyclic amines) is 1. The molecule has 0 aromatic heterocycles. The fraction of sp³-hybridized carbons (Fsp3) is 0.333. The standard InChI is InChI=1S/C33H37NO7/c1-7-40-27-17-10-22(20-26(27)33(2,3)4)30(35)28-29(21-8-11-23(38-5)12-9-21)34(32(37)31(28)36)18-19-41-25-15-13-24(39-6)14-16-25/h8-17,20,29,35H,7,18-19H2,1-6H3/b30-28-. The monoisotopic (exact) mass is 559 g/mol. The van der Waals surface area contributed by atoms with Crippen LogP contribution in [0.3, 0.4) is 0 Å². The van der Waals surface area contributed by atoms with Gasteiger partial charge < -0.3 is 29.0 Å². The highest BCUT2D eigenvalue weighted by Crippen LogP contribution is 2.41. The van der Waals surface area contributed by atoms with E-state index in [2.05, 4.69) is 0 Å². The third-order valence-electron chi connectivity index (χ3n) is 6.99. The molecule has 41 heavy (non-hydrogen) atoms. The molecule has 4 rings (SSSR count). The number of carbonyl (C=O) groups is 2. The molecule has 1 aliphatic heterocycles. The molecule has 1 heterocycles. The Labute approximate surface area is 241 Å². The van der Waals surface area contributed by atoms with E-state index in [1.54, 1.807) is 74.9 Å². The minimum absolute atomic E-state index is 0.0219. The van der Waals surface area contributed by atoms with E-state index >= 15 is 0 Å². The molecule has 216 valence electrons.